The zero-order valence-electron chi connectivity index (χ0n) is 7.71. The molecule has 0 aromatic carbocycles. The third-order valence-corrected chi connectivity index (χ3v) is 3.01. The Morgan fingerprint density at radius 3 is 2.64 bits per heavy atom. The standard InChI is InChI=1S/C10H20O/c1-3-5-9-8(2)6-4-7-10(9)11/h8-11H,3-7H2,1-2H3. The van der Waals surface area contributed by atoms with Crippen LogP contribution in [0, 0.1) is 11.8 Å². The zero-order valence-corrected chi connectivity index (χ0v) is 7.71. The molecule has 3 atom stereocenters. The topological polar surface area (TPSA) is 20.2 Å². The van der Waals surface area contributed by atoms with Gasteiger partial charge in [0.1, 0.15) is 0 Å². The lowest BCUT2D eigenvalue weighted by atomic mass is 9.76. The molecule has 1 nitrogen and oxygen atoms in total. The fourth-order valence-electron chi connectivity index (χ4n) is 2.27. The van der Waals surface area contributed by atoms with Crippen molar-refractivity contribution < 1.29 is 5.11 Å². The van der Waals surface area contributed by atoms with E-state index in [9.17, 15) is 5.11 Å². The van der Waals surface area contributed by atoms with Crippen LogP contribution >= 0.6 is 0 Å². The average Bonchev–Trinajstić information content (AvgIpc) is 1.97. The van der Waals surface area contributed by atoms with Crippen LogP contribution in [-0.2, 0) is 0 Å². The van der Waals surface area contributed by atoms with Crippen LogP contribution < -0.4 is 0 Å². The van der Waals surface area contributed by atoms with Gasteiger partial charge in [-0.15, -0.1) is 0 Å². The minimum atomic E-state index is -0.00120. The van der Waals surface area contributed by atoms with Gasteiger partial charge in [-0.25, -0.2) is 0 Å². The first-order chi connectivity index (χ1) is 5.25. The fraction of sp³-hybridized carbons (Fsp3) is 1.00. The van der Waals surface area contributed by atoms with E-state index in [1.54, 1.807) is 0 Å². The van der Waals surface area contributed by atoms with Gasteiger partial charge in [0.15, 0.2) is 0 Å². The molecular weight excluding hydrogens is 136 g/mol. The van der Waals surface area contributed by atoms with Crippen LogP contribution in [0.2, 0.25) is 0 Å². The van der Waals surface area contributed by atoms with Crippen molar-refractivity contribution in [3.05, 3.63) is 0 Å². The third-order valence-electron chi connectivity index (χ3n) is 3.01. The lowest BCUT2D eigenvalue weighted by Crippen LogP contribution is -2.30. The van der Waals surface area contributed by atoms with Crippen molar-refractivity contribution in [2.24, 2.45) is 11.8 Å². The first-order valence-corrected chi connectivity index (χ1v) is 4.93. The number of rotatable bonds is 2. The highest BCUT2D eigenvalue weighted by atomic mass is 16.3. The fourth-order valence-corrected chi connectivity index (χ4v) is 2.27. The maximum Gasteiger partial charge on any atom is 0.0570 e. The molecule has 1 aliphatic rings. The van der Waals surface area contributed by atoms with Crippen molar-refractivity contribution in [1.82, 2.24) is 0 Å². The van der Waals surface area contributed by atoms with E-state index in [1.165, 1.54) is 25.7 Å². The molecule has 3 unspecified atom stereocenters. The SMILES string of the molecule is CCCC1C(C)CCCC1O. The summed E-state index contributed by atoms with van der Waals surface area (Å²) in [6, 6.07) is 0. The molecule has 0 spiro atoms. The molecule has 0 heterocycles. The summed E-state index contributed by atoms with van der Waals surface area (Å²) < 4.78 is 0. The summed E-state index contributed by atoms with van der Waals surface area (Å²) in [7, 11) is 0. The maximum absolute atomic E-state index is 9.67. The number of hydrogen-bond acceptors (Lipinski definition) is 1. The maximum atomic E-state index is 9.67. The van der Waals surface area contributed by atoms with Crippen LogP contribution in [0.4, 0.5) is 0 Å². The van der Waals surface area contributed by atoms with E-state index < -0.39 is 0 Å². The van der Waals surface area contributed by atoms with E-state index in [1.807, 2.05) is 0 Å². The molecule has 0 aliphatic heterocycles. The molecular formula is C10H20O. The second-order valence-electron chi connectivity index (χ2n) is 3.93. The predicted molar refractivity (Wildman–Crippen MR) is 47.4 cm³/mol. The summed E-state index contributed by atoms with van der Waals surface area (Å²) in [6.45, 7) is 4.48. The molecule has 0 bridgehead atoms. The Labute approximate surface area is 69.8 Å². The first-order valence-electron chi connectivity index (χ1n) is 4.93. The van der Waals surface area contributed by atoms with E-state index in [2.05, 4.69) is 13.8 Å². The highest BCUT2D eigenvalue weighted by Gasteiger charge is 2.27. The van der Waals surface area contributed by atoms with E-state index in [-0.39, 0.29) is 6.10 Å². The zero-order chi connectivity index (χ0) is 8.27. The van der Waals surface area contributed by atoms with Crippen LogP contribution in [0.1, 0.15) is 46.0 Å². The van der Waals surface area contributed by atoms with Crippen molar-refractivity contribution in [2.45, 2.75) is 52.1 Å². The largest absolute Gasteiger partial charge is 0.393 e. The first kappa shape index (κ1) is 9.05. The molecule has 0 amide bonds. The third kappa shape index (κ3) is 2.19. The monoisotopic (exact) mass is 156 g/mol. The van der Waals surface area contributed by atoms with Crippen LogP contribution in [0.15, 0.2) is 0 Å². The van der Waals surface area contributed by atoms with E-state index in [4.69, 9.17) is 0 Å². The lowest BCUT2D eigenvalue weighted by molar-refractivity contribution is 0.0333. The van der Waals surface area contributed by atoms with E-state index >= 15 is 0 Å². The molecule has 0 saturated heterocycles. The second-order valence-corrected chi connectivity index (χ2v) is 3.93. The molecule has 1 aliphatic carbocycles. The van der Waals surface area contributed by atoms with Gasteiger partial charge in [-0.05, 0) is 24.7 Å². The Balaban J connectivity index is 2.41. The van der Waals surface area contributed by atoms with Crippen molar-refractivity contribution >= 4 is 0 Å². The summed E-state index contributed by atoms with van der Waals surface area (Å²) in [5, 5.41) is 9.67. The molecule has 1 fully saturated rings. The van der Waals surface area contributed by atoms with Crippen LogP contribution in [0.25, 0.3) is 0 Å². The Morgan fingerprint density at radius 2 is 2.09 bits per heavy atom. The normalized spacial score (nSPS) is 39.0. The summed E-state index contributed by atoms with van der Waals surface area (Å²) in [5.41, 5.74) is 0. The molecule has 1 saturated carbocycles. The van der Waals surface area contributed by atoms with Gasteiger partial charge in [-0.3, -0.25) is 0 Å². The molecule has 0 aromatic heterocycles. The summed E-state index contributed by atoms with van der Waals surface area (Å²) in [6.07, 6.45) is 6.01. The lowest BCUT2D eigenvalue weighted by Gasteiger charge is -2.33. The molecule has 66 valence electrons. The second kappa shape index (κ2) is 4.10. The van der Waals surface area contributed by atoms with Gasteiger partial charge in [-0.2, -0.15) is 0 Å². The Kier molecular flexibility index (Phi) is 3.38. The summed E-state index contributed by atoms with van der Waals surface area (Å²) in [5.74, 6) is 1.34. The van der Waals surface area contributed by atoms with Crippen LogP contribution in [0.5, 0.6) is 0 Å². The average molecular weight is 156 g/mol. The Bertz CT molecular complexity index is 101. The van der Waals surface area contributed by atoms with Gasteiger partial charge in [0, 0.05) is 0 Å². The van der Waals surface area contributed by atoms with Crippen molar-refractivity contribution in [3.8, 4) is 0 Å². The van der Waals surface area contributed by atoms with Gasteiger partial charge in [-0.1, -0.05) is 33.1 Å². The molecule has 1 heteroatoms. The highest BCUT2D eigenvalue weighted by Crippen LogP contribution is 2.32. The summed E-state index contributed by atoms with van der Waals surface area (Å²) >= 11 is 0. The van der Waals surface area contributed by atoms with Crippen molar-refractivity contribution in [3.63, 3.8) is 0 Å². The highest BCUT2D eigenvalue weighted by molar-refractivity contribution is 4.78. The van der Waals surface area contributed by atoms with Crippen LogP contribution in [-0.4, -0.2) is 11.2 Å². The van der Waals surface area contributed by atoms with Crippen molar-refractivity contribution in [1.29, 1.82) is 0 Å². The Morgan fingerprint density at radius 1 is 1.36 bits per heavy atom. The minimum Gasteiger partial charge on any atom is -0.393 e. The van der Waals surface area contributed by atoms with Gasteiger partial charge >= 0.3 is 0 Å². The van der Waals surface area contributed by atoms with Crippen LogP contribution in [0.3, 0.4) is 0 Å². The Hall–Kier alpha value is -0.0400. The molecule has 1 rings (SSSR count). The minimum absolute atomic E-state index is 0.00120. The van der Waals surface area contributed by atoms with E-state index in [0.717, 1.165) is 12.3 Å². The smallest absolute Gasteiger partial charge is 0.0570 e. The number of aliphatic hydroxyl groups is 1. The van der Waals surface area contributed by atoms with Gasteiger partial charge in [0.25, 0.3) is 0 Å². The summed E-state index contributed by atoms with van der Waals surface area (Å²) in [4.78, 5) is 0. The van der Waals surface area contributed by atoms with Gasteiger partial charge < -0.3 is 5.11 Å². The number of aliphatic hydroxyl groups excluding tert-OH is 1. The number of hydrogen-bond donors (Lipinski definition) is 1. The molecule has 0 radical (unpaired) electrons. The van der Waals surface area contributed by atoms with Crippen molar-refractivity contribution in [2.75, 3.05) is 0 Å². The predicted octanol–water partition coefficient (Wildman–Crippen LogP) is 2.58. The molecule has 0 aromatic rings. The van der Waals surface area contributed by atoms with Gasteiger partial charge in [0.2, 0.25) is 0 Å². The quantitative estimate of drug-likeness (QED) is 0.651. The van der Waals surface area contributed by atoms with Gasteiger partial charge in [0.05, 0.1) is 6.10 Å². The molecule has 1 N–H and O–H groups in total. The molecule has 11 heavy (non-hydrogen) atoms. The van der Waals surface area contributed by atoms with E-state index in [0.29, 0.717) is 5.92 Å².